The summed E-state index contributed by atoms with van der Waals surface area (Å²) in [6.07, 6.45) is 0. The molecule has 0 amide bonds. The van der Waals surface area contributed by atoms with E-state index in [2.05, 4.69) is 58.8 Å². The maximum absolute atomic E-state index is 2.69. The third-order valence-electron chi connectivity index (χ3n) is 4.28. The van der Waals surface area contributed by atoms with Gasteiger partial charge in [-0.15, -0.1) is 0 Å². The van der Waals surface area contributed by atoms with Gasteiger partial charge in [-0.1, -0.05) is 30.3 Å². The predicted molar refractivity (Wildman–Crippen MR) is 79.1 cm³/mol. The summed E-state index contributed by atoms with van der Waals surface area (Å²) in [5.74, 6) is 2.65. The van der Waals surface area contributed by atoms with Gasteiger partial charge >= 0.3 is 0 Å². The number of likely N-dealkylation sites (tertiary alicyclic amines) is 1. The minimum absolute atomic E-state index is 0.571. The van der Waals surface area contributed by atoms with Gasteiger partial charge in [0.15, 0.2) is 0 Å². The highest BCUT2D eigenvalue weighted by molar-refractivity contribution is 7.99. The summed E-state index contributed by atoms with van der Waals surface area (Å²) in [6.45, 7) is 7.42. The second kappa shape index (κ2) is 5.64. The van der Waals surface area contributed by atoms with Gasteiger partial charge in [0.2, 0.25) is 0 Å². The molecule has 1 aromatic rings. The molecule has 1 aromatic carbocycles. The average Bonchev–Trinajstić information content (AvgIpc) is 2.39. The lowest BCUT2D eigenvalue weighted by molar-refractivity contribution is 0.0133. The third-order valence-corrected chi connectivity index (χ3v) is 5.22. The zero-order valence-corrected chi connectivity index (χ0v) is 11.9. The monoisotopic (exact) mass is 262 g/mol. The lowest BCUT2D eigenvalue weighted by atomic mass is 9.99. The van der Waals surface area contributed by atoms with Gasteiger partial charge in [0.1, 0.15) is 0 Å². The van der Waals surface area contributed by atoms with E-state index in [1.165, 1.54) is 43.2 Å². The van der Waals surface area contributed by atoms with Gasteiger partial charge in [0.05, 0.1) is 0 Å². The molecule has 2 aliphatic heterocycles. The van der Waals surface area contributed by atoms with Crippen LogP contribution in [0.3, 0.4) is 0 Å². The molecule has 2 heterocycles. The van der Waals surface area contributed by atoms with E-state index < -0.39 is 0 Å². The lowest BCUT2D eigenvalue weighted by Gasteiger charge is -2.49. The van der Waals surface area contributed by atoms with Gasteiger partial charge < -0.3 is 0 Å². The topological polar surface area (TPSA) is 6.48 Å². The highest BCUT2D eigenvalue weighted by Gasteiger charge is 2.34. The zero-order chi connectivity index (χ0) is 12.4. The van der Waals surface area contributed by atoms with Crippen LogP contribution >= 0.6 is 11.8 Å². The van der Waals surface area contributed by atoms with Gasteiger partial charge in [-0.3, -0.25) is 9.80 Å². The van der Waals surface area contributed by atoms with E-state index in [9.17, 15) is 0 Å². The Bertz CT molecular complexity index is 369. The summed E-state index contributed by atoms with van der Waals surface area (Å²) in [6, 6.07) is 12.3. The highest BCUT2D eigenvalue weighted by Crippen LogP contribution is 2.28. The molecule has 2 saturated heterocycles. The second-order valence-electron chi connectivity index (χ2n) is 5.34. The summed E-state index contributed by atoms with van der Waals surface area (Å²) in [5, 5.41) is 0. The van der Waals surface area contributed by atoms with Crippen LogP contribution in [0.4, 0.5) is 0 Å². The minimum Gasteiger partial charge on any atom is -0.296 e. The molecule has 98 valence electrons. The van der Waals surface area contributed by atoms with Crippen LogP contribution in [0.15, 0.2) is 30.3 Å². The number of rotatable bonds is 3. The molecule has 0 aromatic heterocycles. The quantitative estimate of drug-likeness (QED) is 0.826. The van der Waals surface area contributed by atoms with Crippen molar-refractivity contribution in [3.05, 3.63) is 35.9 Å². The fourth-order valence-electron chi connectivity index (χ4n) is 2.92. The first kappa shape index (κ1) is 12.5. The van der Waals surface area contributed by atoms with Crippen molar-refractivity contribution in [1.29, 1.82) is 0 Å². The van der Waals surface area contributed by atoms with Gasteiger partial charge in [-0.2, -0.15) is 11.8 Å². The first-order valence-corrected chi connectivity index (χ1v) is 8.11. The molecule has 0 radical (unpaired) electrons. The van der Waals surface area contributed by atoms with Crippen molar-refractivity contribution in [3.63, 3.8) is 0 Å². The number of hydrogen-bond donors (Lipinski definition) is 0. The van der Waals surface area contributed by atoms with Crippen LogP contribution in [-0.4, -0.2) is 53.5 Å². The molecule has 18 heavy (non-hydrogen) atoms. The molecule has 1 atom stereocenters. The number of benzene rings is 1. The van der Waals surface area contributed by atoms with Crippen molar-refractivity contribution >= 4 is 11.8 Å². The standard InChI is InChI=1S/C15H22N2S/c1-13(14-5-3-2-4-6-14)17-11-15(12-17)16-7-9-18-10-8-16/h2-6,13,15H,7-12H2,1H3. The van der Waals surface area contributed by atoms with Gasteiger partial charge in [-0.05, 0) is 12.5 Å². The van der Waals surface area contributed by atoms with Crippen molar-refractivity contribution in [2.75, 3.05) is 37.7 Å². The fraction of sp³-hybridized carbons (Fsp3) is 0.600. The average molecular weight is 262 g/mol. The van der Waals surface area contributed by atoms with Crippen molar-refractivity contribution < 1.29 is 0 Å². The molecular formula is C15H22N2S. The Kier molecular flexibility index (Phi) is 3.92. The van der Waals surface area contributed by atoms with Crippen molar-refractivity contribution in [1.82, 2.24) is 9.80 Å². The molecule has 3 heteroatoms. The first-order chi connectivity index (χ1) is 8.84. The normalized spacial score (nSPS) is 24.7. The van der Waals surface area contributed by atoms with E-state index in [0.717, 1.165) is 6.04 Å². The van der Waals surface area contributed by atoms with E-state index in [4.69, 9.17) is 0 Å². The highest BCUT2D eigenvalue weighted by atomic mass is 32.2. The van der Waals surface area contributed by atoms with Crippen LogP contribution in [0, 0.1) is 0 Å². The van der Waals surface area contributed by atoms with Crippen LogP contribution < -0.4 is 0 Å². The summed E-state index contributed by atoms with van der Waals surface area (Å²) in [5.41, 5.74) is 1.45. The van der Waals surface area contributed by atoms with E-state index >= 15 is 0 Å². The predicted octanol–water partition coefficient (Wildman–Crippen LogP) is 2.48. The molecule has 3 rings (SSSR count). The molecular weight excluding hydrogens is 240 g/mol. The Morgan fingerprint density at radius 1 is 1.11 bits per heavy atom. The molecule has 0 aliphatic carbocycles. The zero-order valence-electron chi connectivity index (χ0n) is 11.1. The summed E-state index contributed by atoms with van der Waals surface area (Å²) < 4.78 is 0. The van der Waals surface area contributed by atoms with Crippen LogP contribution in [0.5, 0.6) is 0 Å². The Hall–Kier alpha value is -0.510. The van der Waals surface area contributed by atoms with Crippen molar-refractivity contribution in [3.8, 4) is 0 Å². The van der Waals surface area contributed by atoms with Crippen LogP contribution in [0.2, 0.25) is 0 Å². The smallest absolute Gasteiger partial charge is 0.0351 e. The molecule has 0 spiro atoms. The molecule has 2 nitrogen and oxygen atoms in total. The number of hydrogen-bond acceptors (Lipinski definition) is 3. The minimum atomic E-state index is 0.571. The maximum atomic E-state index is 2.69. The van der Waals surface area contributed by atoms with Crippen molar-refractivity contribution in [2.45, 2.75) is 19.0 Å². The van der Waals surface area contributed by atoms with Gasteiger partial charge in [-0.25, -0.2) is 0 Å². The molecule has 2 aliphatic rings. The Morgan fingerprint density at radius 2 is 1.78 bits per heavy atom. The van der Waals surface area contributed by atoms with E-state index in [1.807, 2.05) is 0 Å². The van der Waals surface area contributed by atoms with Gasteiger partial charge in [0, 0.05) is 49.8 Å². The Labute approximate surface area is 114 Å². The molecule has 1 unspecified atom stereocenters. The Balaban J connectivity index is 1.52. The maximum Gasteiger partial charge on any atom is 0.0351 e. The summed E-state index contributed by atoms with van der Waals surface area (Å²) >= 11 is 2.10. The van der Waals surface area contributed by atoms with Crippen LogP contribution in [0.1, 0.15) is 18.5 Å². The number of thioether (sulfide) groups is 1. The molecule has 0 N–H and O–H groups in total. The van der Waals surface area contributed by atoms with Crippen LogP contribution in [0.25, 0.3) is 0 Å². The fourth-order valence-corrected chi connectivity index (χ4v) is 3.85. The van der Waals surface area contributed by atoms with Crippen molar-refractivity contribution in [2.24, 2.45) is 0 Å². The summed E-state index contributed by atoms with van der Waals surface area (Å²) in [7, 11) is 0. The molecule has 2 fully saturated rings. The van der Waals surface area contributed by atoms with E-state index in [0.29, 0.717) is 6.04 Å². The molecule has 0 bridgehead atoms. The van der Waals surface area contributed by atoms with Gasteiger partial charge in [0.25, 0.3) is 0 Å². The Morgan fingerprint density at radius 3 is 2.44 bits per heavy atom. The largest absolute Gasteiger partial charge is 0.296 e. The first-order valence-electron chi connectivity index (χ1n) is 6.95. The third kappa shape index (κ3) is 2.58. The van der Waals surface area contributed by atoms with E-state index in [-0.39, 0.29) is 0 Å². The SMILES string of the molecule is CC(c1ccccc1)N1CC(N2CCSCC2)C1. The number of nitrogens with zero attached hydrogens (tertiary/aromatic N) is 2. The van der Waals surface area contributed by atoms with Crippen LogP contribution in [-0.2, 0) is 0 Å². The second-order valence-corrected chi connectivity index (χ2v) is 6.57. The van der Waals surface area contributed by atoms with E-state index in [1.54, 1.807) is 0 Å². The molecule has 0 saturated carbocycles. The lowest BCUT2D eigenvalue weighted by Crippen LogP contribution is -2.61. The summed E-state index contributed by atoms with van der Waals surface area (Å²) in [4.78, 5) is 5.28.